The number of ether oxygens (including phenoxy) is 1. The van der Waals surface area contributed by atoms with E-state index in [0.29, 0.717) is 6.42 Å². The molecule has 0 aromatic rings. The summed E-state index contributed by atoms with van der Waals surface area (Å²) in [7, 11) is 0. The predicted octanol–water partition coefficient (Wildman–Crippen LogP) is 4.71. The van der Waals surface area contributed by atoms with Crippen LogP contribution in [0.1, 0.15) is 89.9 Å². The normalized spacial score (nSPS) is 19.3. The minimum absolute atomic E-state index is 0.0642. The van der Waals surface area contributed by atoms with E-state index in [0.717, 1.165) is 38.5 Å². The lowest BCUT2D eigenvalue weighted by molar-refractivity contribution is -0.144. The lowest BCUT2D eigenvalue weighted by atomic mass is 9.93. The van der Waals surface area contributed by atoms with Gasteiger partial charge in [0.05, 0.1) is 0 Å². The summed E-state index contributed by atoms with van der Waals surface area (Å²) >= 11 is 0. The largest absolute Gasteiger partial charge is 0.481 e. The molecule has 0 spiro atoms. The molecular formula is C21H34O6. The van der Waals surface area contributed by atoms with Crippen LogP contribution >= 0.6 is 0 Å². The number of carboxylic acids is 2. The highest BCUT2D eigenvalue weighted by atomic mass is 16.6. The van der Waals surface area contributed by atoms with Crippen LogP contribution in [0.15, 0.2) is 12.2 Å². The molecule has 0 amide bonds. The van der Waals surface area contributed by atoms with Crippen molar-refractivity contribution >= 4 is 17.9 Å². The SMILES string of the molecule is C=C1C(=O)O[C@H](CCCCCCCCCCCCCCC(=O)O)[C@H]1C(=O)O. The topological polar surface area (TPSA) is 101 Å². The molecule has 1 saturated heterocycles. The average Bonchev–Trinajstić information content (AvgIpc) is 2.89. The Bertz CT molecular complexity index is 499. The molecule has 6 heteroatoms. The van der Waals surface area contributed by atoms with Gasteiger partial charge in [-0.2, -0.15) is 0 Å². The van der Waals surface area contributed by atoms with Crippen LogP contribution in [0.2, 0.25) is 0 Å². The monoisotopic (exact) mass is 382 g/mol. The molecule has 27 heavy (non-hydrogen) atoms. The number of carbonyl (C=O) groups excluding carboxylic acids is 1. The first kappa shape index (κ1) is 23.2. The number of unbranched alkanes of at least 4 members (excludes halogenated alkanes) is 11. The second kappa shape index (κ2) is 13.3. The Morgan fingerprint density at radius 2 is 1.26 bits per heavy atom. The van der Waals surface area contributed by atoms with E-state index in [2.05, 4.69) is 6.58 Å². The van der Waals surface area contributed by atoms with Gasteiger partial charge < -0.3 is 14.9 Å². The summed E-state index contributed by atoms with van der Waals surface area (Å²) in [6.07, 6.45) is 13.5. The van der Waals surface area contributed by atoms with Gasteiger partial charge in [0, 0.05) is 12.0 Å². The van der Waals surface area contributed by atoms with Crippen LogP contribution in [-0.4, -0.2) is 34.2 Å². The summed E-state index contributed by atoms with van der Waals surface area (Å²) in [5.74, 6) is -3.19. The summed E-state index contributed by atoms with van der Waals surface area (Å²) in [4.78, 5) is 33.1. The molecule has 0 radical (unpaired) electrons. The summed E-state index contributed by atoms with van der Waals surface area (Å²) < 4.78 is 5.12. The first-order chi connectivity index (χ1) is 12.9. The molecule has 1 fully saturated rings. The Balaban J connectivity index is 1.91. The van der Waals surface area contributed by atoms with E-state index in [-0.39, 0.29) is 12.0 Å². The molecule has 1 aliphatic rings. The van der Waals surface area contributed by atoms with Crippen molar-refractivity contribution < 1.29 is 29.3 Å². The lowest BCUT2D eigenvalue weighted by Crippen LogP contribution is -2.24. The van der Waals surface area contributed by atoms with Gasteiger partial charge in [-0.25, -0.2) is 4.79 Å². The molecule has 0 bridgehead atoms. The van der Waals surface area contributed by atoms with E-state index in [1.807, 2.05) is 0 Å². The second-order valence-corrected chi connectivity index (χ2v) is 7.46. The van der Waals surface area contributed by atoms with Gasteiger partial charge in [0.2, 0.25) is 0 Å². The highest BCUT2D eigenvalue weighted by Gasteiger charge is 2.42. The molecule has 0 aromatic carbocycles. The maximum atomic E-state index is 11.5. The average molecular weight is 382 g/mol. The molecule has 0 saturated carbocycles. The summed E-state index contributed by atoms with van der Waals surface area (Å²) in [5, 5.41) is 17.7. The van der Waals surface area contributed by atoms with Gasteiger partial charge in [0.25, 0.3) is 0 Å². The van der Waals surface area contributed by atoms with Crippen molar-refractivity contribution in [1.82, 2.24) is 0 Å². The van der Waals surface area contributed by atoms with Crippen molar-refractivity contribution in [3.05, 3.63) is 12.2 Å². The van der Waals surface area contributed by atoms with Crippen molar-refractivity contribution in [2.45, 2.75) is 96.0 Å². The fraction of sp³-hybridized carbons (Fsp3) is 0.762. The maximum absolute atomic E-state index is 11.5. The number of aliphatic carboxylic acids is 2. The minimum atomic E-state index is -1.03. The molecule has 2 atom stereocenters. The molecule has 0 aliphatic carbocycles. The van der Waals surface area contributed by atoms with Crippen molar-refractivity contribution in [3.8, 4) is 0 Å². The third-order valence-corrected chi connectivity index (χ3v) is 5.16. The van der Waals surface area contributed by atoms with E-state index < -0.39 is 29.9 Å². The number of esters is 1. The first-order valence-electron chi connectivity index (χ1n) is 10.3. The van der Waals surface area contributed by atoms with Crippen LogP contribution in [0.25, 0.3) is 0 Å². The van der Waals surface area contributed by atoms with Gasteiger partial charge in [-0.1, -0.05) is 70.8 Å². The van der Waals surface area contributed by atoms with Gasteiger partial charge in [0.1, 0.15) is 12.0 Å². The fourth-order valence-corrected chi connectivity index (χ4v) is 3.56. The Labute approximate surface area is 162 Å². The summed E-state index contributed by atoms with van der Waals surface area (Å²) in [5.41, 5.74) is 0.0642. The highest BCUT2D eigenvalue weighted by molar-refractivity contribution is 5.97. The van der Waals surface area contributed by atoms with Crippen molar-refractivity contribution in [3.63, 3.8) is 0 Å². The van der Waals surface area contributed by atoms with E-state index in [1.165, 1.54) is 38.5 Å². The first-order valence-corrected chi connectivity index (χ1v) is 10.3. The van der Waals surface area contributed by atoms with Gasteiger partial charge in [-0.05, 0) is 19.3 Å². The van der Waals surface area contributed by atoms with E-state index in [9.17, 15) is 19.5 Å². The molecule has 0 aromatic heterocycles. The van der Waals surface area contributed by atoms with Crippen molar-refractivity contribution in [2.75, 3.05) is 0 Å². The quantitative estimate of drug-likeness (QED) is 0.228. The summed E-state index contributed by atoms with van der Waals surface area (Å²) in [6.45, 7) is 3.53. The third kappa shape index (κ3) is 9.59. The number of hydrogen-bond donors (Lipinski definition) is 2. The third-order valence-electron chi connectivity index (χ3n) is 5.16. The van der Waals surface area contributed by atoms with E-state index in [4.69, 9.17) is 9.84 Å². The van der Waals surface area contributed by atoms with Crippen molar-refractivity contribution in [2.24, 2.45) is 5.92 Å². The number of carbonyl (C=O) groups is 3. The van der Waals surface area contributed by atoms with Crippen LogP contribution in [-0.2, 0) is 19.1 Å². The zero-order valence-corrected chi connectivity index (χ0v) is 16.3. The molecule has 154 valence electrons. The van der Waals surface area contributed by atoms with E-state index >= 15 is 0 Å². The smallest absolute Gasteiger partial charge is 0.334 e. The van der Waals surface area contributed by atoms with Crippen LogP contribution in [0, 0.1) is 5.92 Å². The molecule has 0 unspecified atom stereocenters. The van der Waals surface area contributed by atoms with Gasteiger partial charge in [-0.15, -0.1) is 0 Å². The molecule has 1 rings (SSSR count). The van der Waals surface area contributed by atoms with Crippen LogP contribution in [0.3, 0.4) is 0 Å². The number of cyclic esters (lactones) is 1. The Kier molecular flexibility index (Phi) is 11.5. The molecular weight excluding hydrogens is 348 g/mol. The fourth-order valence-electron chi connectivity index (χ4n) is 3.56. The molecule has 6 nitrogen and oxygen atoms in total. The summed E-state index contributed by atoms with van der Waals surface area (Å²) in [6, 6.07) is 0. The minimum Gasteiger partial charge on any atom is -0.481 e. The van der Waals surface area contributed by atoms with E-state index in [1.54, 1.807) is 0 Å². The molecule has 1 heterocycles. The number of hydrogen-bond acceptors (Lipinski definition) is 4. The zero-order valence-electron chi connectivity index (χ0n) is 16.3. The maximum Gasteiger partial charge on any atom is 0.334 e. The van der Waals surface area contributed by atoms with Crippen LogP contribution < -0.4 is 0 Å². The number of rotatable bonds is 16. The van der Waals surface area contributed by atoms with Crippen molar-refractivity contribution in [1.29, 1.82) is 0 Å². The number of carboxylic acid groups (broad SMARTS) is 2. The molecule has 2 N–H and O–H groups in total. The standard InChI is InChI=1S/C21H34O6/c1-16-19(20(24)25)17(27-21(16)26)14-12-10-8-6-4-2-3-5-7-9-11-13-15-18(22)23/h17,19H,1-15H2,(H,22,23)(H,24,25)/t17-,19+/m1/s1. The zero-order chi connectivity index (χ0) is 20.1. The Morgan fingerprint density at radius 3 is 1.70 bits per heavy atom. The molecule has 1 aliphatic heterocycles. The van der Waals surface area contributed by atoms with Crippen LogP contribution in [0.4, 0.5) is 0 Å². The second-order valence-electron chi connectivity index (χ2n) is 7.46. The van der Waals surface area contributed by atoms with Gasteiger partial charge >= 0.3 is 17.9 Å². The highest BCUT2D eigenvalue weighted by Crippen LogP contribution is 2.30. The lowest BCUT2D eigenvalue weighted by Gasteiger charge is -2.13. The Hall–Kier alpha value is -1.85. The Morgan fingerprint density at radius 1 is 0.815 bits per heavy atom. The van der Waals surface area contributed by atoms with Gasteiger partial charge in [-0.3, -0.25) is 9.59 Å². The predicted molar refractivity (Wildman–Crippen MR) is 102 cm³/mol. The van der Waals surface area contributed by atoms with Crippen LogP contribution in [0.5, 0.6) is 0 Å². The van der Waals surface area contributed by atoms with Gasteiger partial charge in [0.15, 0.2) is 0 Å².